The van der Waals surface area contributed by atoms with E-state index in [0.29, 0.717) is 11.3 Å². The van der Waals surface area contributed by atoms with Gasteiger partial charge in [-0.2, -0.15) is 0 Å². The van der Waals surface area contributed by atoms with E-state index in [9.17, 15) is 0 Å². The highest BCUT2D eigenvalue weighted by Gasteiger charge is 2.09. The van der Waals surface area contributed by atoms with E-state index < -0.39 is 0 Å². The lowest BCUT2D eigenvalue weighted by Gasteiger charge is -2.18. The van der Waals surface area contributed by atoms with Crippen LogP contribution in [0.3, 0.4) is 0 Å². The summed E-state index contributed by atoms with van der Waals surface area (Å²) in [5.41, 5.74) is 1.60. The largest absolute Gasteiger partial charge is 0.316 e. The third-order valence-electron chi connectivity index (χ3n) is 2.28. The van der Waals surface area contributed by atoms with Crippen molar-refractivity contribution in [2.45, 2.75) is 47.0 Å². The van der Waals surface area contributed by atoms with E-state index in [2.05, 4.69) is 50.3 Å². The van der Waals surface area contributed by atoms with Crippen LogP contribution in [-0.2, 0) is 6.42 Å². The Morgan fingerprint density at radius 2 is 2.00 bits per heavy atom. The van der Waals surface area contributed by atoms with Crippen LogP contribution in [0.25, 0.3) is 0 Å². The van der Waals surface area contributed by atoms with Gasteiger partial charge in [-0.3, -0.25) is 0 Å². The van der Waals surface area contributed by atoms with Gasteiger partial charge in [-0.1, -0.05) is 34.6 Å². The van der Waals surface area contributed by atoms with Gasteiger partial charge in [0.25, 0.3) is 0 Å². The lowest BCUT2D eigenvalue weighted by molar-refractivity contribution is 0.381. The van der Waals surface area contributed by atoms with Gasteiger partial charge < -0.3 is 5.32 Å². The molecule has 2 nitrogen and oxygen atoms in total. The molecule has 4 heteroatoms. The van der Waals surface area contributed by atoms with Gasteiger partial charge in [0.15, 0.2) is 0 Å². The monoisotopic (exact) mass is 276 g/mol. The summed E-state index contributed by atoms with van der Waals surface area (Å²) in [6.07, 6.45) is 1.04. The minimum absolute atomic E-state index is 0. The summed E-state index contributed by atoms with van der Waals surface area (Å²) >= 11 is 1.78. The average Bonchev–Trinajstić information content (AvgIpc) is 2.59. The second-order valence-corrected chi connectivity index (χ2v) is 6.71. The summed E-state index contributed by atoms with van der Waals surface area (Å²) in [7, 11) is 0. The van der Waals surface area contributed by atoms with E-state index in [1.807, 2.05) is 0 Å². The highest BCUT2D eigenvalue weighted by Crippen LogP contribution is 2.19. The van der Waals surface area contributed by atoms with Crippen LogP contribution in [0.15, 0.2) is 5.38 Å². The molecule has 1 rings (SSSR count). The van der Waals surface area contributed by atoms with Crippen molar-refractivity contribution >= 4 is 23.7 Å². The van der Waals surface area contributed by atoms with E-state index in [-0.39, 0.29) is 12.4 Å². The van der Waals surface area contributed by atoms with Crippen molar-refractivity contribution in [3.05, 3.63) is 16.1 Å². The molecule has 0 fully saturated rings. The second-order valence-electron chi connectivity index (χ2n) is 5.82. The molecule has 100 valence electrons. The molecule has 0 aromatic carbocycles. The molecule has 1 heterocycles. The van der Waals surface area contributed by atoms with Crippen molar-refractivity contribution < 1.29 is 0 Å². The molecule has 0 spiro atoms. The first-order valence-electron chi connectivity index (χ1n) is 6.03. The fraction of sp³-hybridized carbons (Fsp3) is 0.769. The summed E-state index contributed by atoms with van der Waals surface area (Å²) in [5, 5.41) is 6.92. The fourth-order valence-electron chi connectivity index (χ4n) is 1.38. The molecule has 0 radical (unpaired) electrons. The van der Waals surface area contributed by atoms with Gasteiger partial charge in [-0.25, -0.2) is 4.98 Å². The fourth-order valence-corrected chi connectivity index (χ4v) is 2.25. The number of nitrogens with one attached hydrogen (secondary N) is 1. The number of nitrogens with zero attached hydrogens (tertiary/aromatic N) is 1. The first-order chi connectivity index (χ1) is 7.38. The number of halogens is 1. The third-order valence-corrected chi connectivity index (χ3v) is 3.47. The molecular formula is C13H25ClN2S. The molecule has 17 heavy (non-hydrogen) atoms. The molecule has 1 aromatic heterocycles. The van der Waals surface area contributed by atoms with E-state index in [1.54, 1.807) is 11.3 Å². The molecule has 0 aliphatic heterocycles. The van der Waals surface area contributed by atoms with Crippen LogP contribution in [0.1, 0.15) is 51.2 Å². The van der Waals surface area contributed by atoms with Crippen molar-refractivity contribution in [3.8, 4) is 0 Å². The molecule has 0 bridgehead atoms. The summed E-state index contributed by atoms with van der Waals surface area (Å²) < 4.78 is 0. The number of thiazole rings is 1. The molecule has 1 N–H and O–H groups in total. The summed E-state index contributed by atoms with van der Waals surface area (Å²) in [4.78, 5) is 4.62. The topological polar surface area (TPSA) is 24.9 Å². The van der Waals surface area contributed by atoms with Crippen molar-refractivity contribution in [1.82, 2.24) is 10.3 Å². The Kier molecular flexibility index (Phi) is 7.29. The molecule has 0 aliphatic rings. The van der Waals surface area contributed by atoms with Gasteiger partial charge in [0.1, 0.15) is 0 Å². The van der Waals surface area contributed by atoms with Gasteiger partial charge in [0, 0.05) is 30.8 Å². The van der Waals surface area contributed by atoms with E-state index in [0.717, 1.165) is 19.5 Å². The van der Waals surface area contributed by atoms with Crippen LogP contribution in [-0.4, -0.2) is 18.1 Å². The predicted octanol–water partition coefficient (Wildman–Crippen LogP) is 3.87. The van der Waals surface area contributed by atoms with Crippen LogP contribution in [0.4, 0.5) is 0 Å². The molecule has 1 aromatic rings. The van der Waals surface area contributed by atoms with Gasteiger partial charge in [-0.05, 0) is 5.41 Å². The summed E-state index contributed by atoms with van der Waals surface area (Å²) in [6, 6.07) is 0. The van der Waals surface area contributed by atoms with Crippen LogP contribution >= 0.6 is 23.7 Å². The number of aromatic nitrogens is 1. The van der Waals surface area contributed by atoms with Crippen LogP contribution in [0, 0.1) is 5.41 Å². The van der Waals surface area contributed by atoms with Gasteiger partial charge in [0.05, 0.1) is 10.7 Å². The molecule has 0 unspecified atom stereocenters. The standard InChI is InChI=1S/C13H24N2S.ClH/c1-10(2)12-15-11(8-16-12)6-7-14-9-13(3,4)5;/h8,10,14H,6-7,9H2,1-5H3;1H. The van der Waals surface area contributed by atoms with Gasteiger partial charge in [-0.15, -0.1) is 23.7 Å². The van der Waals surface area contributed by atoms with Crippen LogP contribution in [0.2, 0.25) is 0 Å². The Bertz CT molecular complexity index is 315. The second kappa shape index (κ2) is 7.34. The molecule has 0 amide bonds. The minimum atomic E-state index is 0. The average molecular weight is 277 g/mol. The number of hydrogen-bond acceptors (Lipinski definition) is 3. The number of hydrogen-bond donors (Lipinski definition) is 1. The molecule has 0 saturated carbocycles. The normalized spacial score (nSPS) is 11.6. The molecular weight excluding hydrogens is 252 g/mol. The summed E-state index contributed by atoms with van der Waals surface area (Å²) in [5.74, 6) is 0.557. The minimum Gasteiger partial charge on any atom is -0.316 e. The predicted molar refractivity (Wildman–Crippen MR) is 79.5 cm³/mol. The number of rotatable bonds is 5. The summed E-state index contributed by atoms with van der Waals surface area (Å²) in [6.45, 7) is 13.2. The molecule has 0 saturated heterocycles. The van der Waals surface area contributed by atoms with Crippen LogP contribution < -0.4 is 5.32 Å². The Morgan fingerprint density at radius 3 is 2.47 bits per heavy atom. The van der Waals surface area contributed by atoms with Crippen molar-refractivity contribution in [3.63, 3.8) is 0 Å². The first kappa shape index (κ1) is 16.9. The van der Waals surface area contributed by atoms with E-state index >= 15 is 0 Å². The van der Waals surface area contributed by atoms with Crippen molar-refractivity contribution in [2.24, 2.45) is 5.41 Å². The van der Waals surface area contributed by atoms with Gasteiger partial charge in [0.2, 0.25) is 0 Å². The van der Waals surface area contributed by atoms with Crippen LogP contribution in [0.5, 0.6) is 0 Å². The zero-order valence-corrected chi connectivity index (χ0v) is 13.2. The maximum atomic E-state index is 4.62. The quantitative estimate of drug-likeness (QED) is 0.826. The van der Waals surface area contributed by atoms with E-state index in [4.69, 9.17) is 0 Å². The highest BCUT2D eigenvalue weighted by molar-refractivity contribution is 7.09. The lowest BCUT2D eigenvalue weighted by Crippen LogP contribution is -2.28. The SMILES string of the molecule is CC(C)c1nc(CCNCC(C)(C)C)cs1.Cl. The third kappa shape index (κ3) is 7.02. The first-order valence-corrected chi connectivity index (χ1v) is 6.91. The van der Waals surface area contributed by atoms with Crippen molar-refractivity contribution in [1.29, 1.82) is 0 Å². The molecule has 0 aliphatic carbocycles. The Morgan fingerprint density at radius 1 is 1.35 bits per heavy atom. The Balaban J connectivity index is 0.00000256. The van der Waals surface area contributed by atoms with Gasteiger partial charge >= 0.3 is 0 Å². The Hall–Kier alpha value is -0.120. The maximum Gasteiger partial charge on any atom is 0.0953 e. The van der Waals surface area contributed by atoms with Crippen molar-refractivity contribution in [2.75, 3.05) is 13.1 Å². The zero-order valence-electron chi connectivity index (χ0n) is 11.5. The highest BCUT2D eigenvalue weighted by atomic mass is 35.5. The maximum absolute atomic E-state index is 4.62. The lowest BCUT2D eigenvalue weighted by atomic mass is 9.97. The Labute approximate surface area is 116 Å². The molecule has 0 atom stereocenters. The zero-order chi connectivity index (χ0) is 12.2. The van der Waals surface area contributed by atoms with E-state index in [1.165, 1.54) is 10.7 Å². The smallest absolute Gasteiger partial charge is 0.0953 e.